The first-order valence-corrected chi connectivity index (χ1v) is 12.1. The minimum absolute atomic E-state index is 0.0597. The zero-order chi connectivity index (χ0) is 21.4. The summed E-state index contributed by atoms with van der Waals surface area (Å²) in [4.78, 5) is 30.0. The van der Waals surface area contributed by atoms with E-state index in [1.165, 1.54) is 11.8 Å². The van der Waals surface area contributed by atoms with Crippen LogP contribution in [0.3, 0.4) is 0 Å². The van der Waals surface area contributed by atoms with Crippen molar-refractivity contribution in [3.05, 3.63) is 40.9 Å². The molecule has 0 unspecified atom stereocenters. The summed E-state index contributed by atoms with van der Waals surface area (Å²) in [7, 11) is 0. The van der Waals surface area contributed by atoms with Gasteiger partial charge >= 0.3 is 0 Å². The molecular formula is C23H25N3O3S2. The van der Waals surface area contributed by atoms with Crippen LogP contribution in [-0.4, -0.2) is 62.8 Å². The van der Waals surface area contributed by atoms with Crippen LogP contribution < -0.4 is 0 Å². The van der Waals surface area contributed by atoms with Crippen molar-refractivity contribution < 1.29 is 14.3 Å². The van der Waals surface area contributed by atoms with Crippen molar-refractivity contribution in [2.75, 3.05) is 26.2 Å². The molecular weight excluding hydrogens is 430 g/mol. The number of fused-ring (bicyclic) bond motifs is 1. The zero-order valence-electron chi connectivity index (χ0n) is 17.3. The molecule has 6 nitrogen and oxygen atoms in total. The van der Waals surface area contributed by atoms with E-state index in [9.17, 15) is 9.59 Å². The number of likely N-dealkylation sites (tertiary alicyclic amines) is 1. The van der Waals surface area contributed by atoms with Gasteiger partial charge in [-0.25, -0.2) is 0 Å². The SMILES string of the molecule is O=C(Cn1cc(/C=C2\SC(=S)N(C[C@@H]3CCCO3)C2=O)c2ccccc21)N1CCCC1. The second kappa shape index (κ2) is 8.76. The van der Waals surface area contributed by atoms with E-state index < -0.39 is 0 Å². The lowest BCUT2D eigenvalue weighted by Crippen LogP contribution is -2.35. The molecule has 0 saturated carbocycles. The Morgan fingerprint density at radius 1 is 1.23 bits per heavy atom. The molecule has 2 amide bonds. The highest BCUT2D eigenvalue weighted by Crippen LogP contribution is 2.35. The van der Waals surface area contributed by atoms with Gasteiger partial charge in [0.05, 0.1) is 17.6 Å². The van der Waals surface area contributed by atoms with Crippen LogP contribution in [0.5, 0.6) is 0 Å². The normalized spacial score (nSPS) is 23.1. The lowest BCUT2D eigenvalue weighted by Gasteiger charge is -2.18. The van der Waals surface area contributed by atoms with Gasteiger partial charge in [0.25, 0.3) is 5.91 Å². The number of thiocarbonyl (C=S) groups is 1. The number of benzene rings is 1. The van der Waals surface area contributed by atoms with Gasteiger partial charge in [0.2, 0.25) is 5.91 Å². The largest absolute Gasteiger partial charge is 0.376 e. The van der Waals surface area contributed by atoms with Crippen LogP contribution >= 0.6 is 24.0 Å². The topological polar surface area (TPSA) is 54.8 Å². The monoisotopic (exact) mass is 455 g/mol. The van der Waals surface area contributed by atoms with E-state index >= 15 is 0 Å². The molecule has 0 spiro atoms. The van der Waals surface area contributed by atoms with Crippen molar-refractivity contribution in [3.63, 3.8) is 0 Å². The number of ether oxygens (including phenoxy) is 1. The third-order valence-corrected chi connectivity index (χ3v) is 7.53. The maximum Gasteiger partial charge on any atom is 0.266 e. The van der Waals surface area contributed by atoms with Gasteiger partial charge in [0, 0.05) is 42.4 Å². The van der Waals surface area contributed by atoms with Crippen molar-refractivity contribution >= 4 is 57.1 Å². The molecule has 3 aliphatic heterocycles. The molecule has 5 rings (SSSR count). The summed E-state index contributed by atoms with van der Waals surface area (Å²) < 4.78 is 8.26. The number of aromatic nitrogens is 1. The van der Waals surface area contributed by atoms with Crippen LogP contribution in [0.25, 0.3) is 17.0 Å². The maximum atomic E-state index is 13.0. The van der Waals surface area contributed by atoms with E-state index in [-0.39, 0.29) is 17.9 Å². The lowest BCUT2D eigenvalue weighted by atomic mass is 10.1. The van der Waals surface area contributed by atoms with Crippen molar-refractivity contribution in [3.8, 4) is 0 Å². The summed E-state index contributed by atoms with van der Waals surface area (Å²) in [6.07, 6.45) is 8.12. The summed E-state index contributed by atoms with van der Waals surface area (Å²) in [5.74, 6) is 0.0863. The smallest absolute Gasteiger partial charge is 0.266 e. The number of carbonyl (C=O) groups excluding carboxylic acids is 2. The Morgan fingerprint density at radius 3 is 2.81 bits per heavy atom. The third kappa shape index (κ3) is 4.16. The van der Waals surface area contributed by atoms with Gasteiger partial charge in [0.15, 0.2) is 0 Å². The Kier molecular flexibility index (Phi) is 5.86. The number of amides is 2. The van der Waals surface area contributed by atoms with Crippen molar-refractivity contribution in [2.24, 2.45) is 0 Å². The predicted octanol–water partition coefficient (Wildman–Crippen LogP) is 3.64. The molecule has 1 aromatic carbocycles. The minimum atomic E-state index is -0.0597. The van der Waals surface area contributed by atoms with Gasteiger partial charge in [-0.15, -0.1) is 0 Å². The first kappa shape index (κ1) is 20.7. The van der Waals surface area contributed by atoms with E-state index in [0.717, 1.165) is 61.8 Å². The highest BCUT2D eigenvalue weighted by molar-refractivity contribution is 8.26. The van der Waals surface area contributed by atoms with E-state index in [0.29, 0.717) is 22.3 Å². The quantitative estimate of drug-likeness (QED) is 0.509. The number of nitrogens with zero attached hydrogens (tertiary/aromatic N) is 3. The van der Waals surface area contributed by atoms with Crippen molar-refractivity contribution in [1.82, 2.24) is 14.4 Å². The number of hydrogen-bond acceptors (Lipinski definition) is 5. The number of hydrogen-bond donors (Lipinski definition) is 0. The molecule has 1 atom stereocenters. The molecule has 3 saturated heterocycles. The highest BCUT2D eigenvalue weighted by atomic mass is 32.2. The predicted molar refractivity (Wildman–Crippen MR) is 127 cm³/mol. The molecule has 3 fully saturated rings. The molecule has 1 aromatic heterocycles. The van der Waals surface area contributed by atoms with Crippen LogP contribution in [0.1, 0.15) is 31.2 Å². The van der Waals surface area contributed by atoms with Gasteiger partial charge in [-0.1, -0.05) is 42.2 Å². The molecule has 4 heterocycles. The summed E-state index contributed by atoms with van der Waals surface area (Å²) in [5, 5.41) is 1.03. The summed E-state index contributed by atoms with van der Waals surface area (Å²) in [6, 6.07) is 8.01. The Bertz CT molecular complexity index is 1070. The van der Waals surface area contributed by atoms with Gasteiger partial charge in [-0.2, -0.15) is 0 Å². The summed E-state index contributed by atoms with van der Waals surface area (Å²) in [6.45, 7) is 3.28. The van der Waals surface area contributed by atoms with E-state index in [1.807, 2.05) is 46.0 Å². The summed E-state index contributed by atoms with van der Waals surface area (Å²) >= 11 is 6.82. The summed E-state index contributed by atoms with van der Waals surface area (Å²) in [5.41, 5.74) is 1.93. The van der Waals surface area contributed by atoms with E-state index in [1.54, 1.807) is 4.90 Å². The van der Waals surface area contributed by atoms with Crippen LogP contribution in [0.4, 0.5) is 0 Å². The second-order valence-corrected chi connectivity index (χ2v) is 9.92. The number of para-hydroxylation sites is 1. The zero-order valence-corrected chi connectivity index (χ0v) is 18.9. The molecule has 162 valence electrons. The molecule has 31 heavy (non-hydrogen) atoms. The molecule has 0 aliphatic carbocycles. The minimum Gasteiger partial charge on any atom is -0.376 e. The number of carbonyl (C=O) groups is 2. The first-order chi connectivity index (χ1) is 15.1. The van der Waals surface area contributed by atoms with E-state index in [4.69, 9.17) is 17.0 Å². The first-order valence-electron chi connectivity index (χ1n) is 10.8. The molecule has 8 heteroatoms. The fourth-order valence-electron chi connectivity index (χ4n) is 4.52. The number of thioether (sulfide) groups is 1. The molecule has 0 bridgehead atoms. The Labute approximate surface area is 191 Å². The third-order valence-electron chi connectivity index (χ3n) is 6.15. The van der Waals surface area contributed by atoms with Gasteiger partial charge in [0.1, 0.15) is 10.9 Å². The number of rotatable bonds is 5. The van der Waals surface area contributed by atoms with Crippen molar-refractivity contribution in [2.45, 2.75) is 38.3 Å². The van der Waals surface area contributed by atoms with Crippen LogP contribution in [0, 0.1) is 0 Å². The Balaban J connectivity index is 1.41. The standard InChI is InChI=1S/C23H25N3O3S2/c27-21(24-9-3-4-10-24)15-25-13-16(18-7-1-2-8-19(18)25)12-20-22(28)26(23(30)31-20)14-17-6-5-11-29-17/h1-2,7-8,12-13,17H,3-6,9-11,14-15H2/b20-12-/t17-/m0/s1. The Morgan fingerprint density at radius 2 is 2.03 bits per heavy atom. The Hall–Kier alpha value is -2.16. The average molecular weight is 456 g/mol. The highest BCUT2D eigenvalue weighted by Gasteiger charge is 2.34. The van der Waals surface area contributed by atoms with E-state index in [2.05, 4.69) is 0 Å². The van der Waals surface area contributed by atoms with Crippen LogP contribution in [0.2, 0.25) is 0 Å². The average Bonchev–Trinajstić information content (AvgIpc) is 3.56. The van der Waals surface area contributed by atoms with Gasteiger partial charge < -0.3 is 14.2 Å². The maximum absolute atomic E-state index is 13.0. The van der Waals surface area contributed by atoms with Crippen LogP contribution in [0.15, 0.2) is 35.4 Å². The van der Waals surface area contributed by atoms with Crippen LogP contribution in [-0.2, 0) is 20.9 Å². The van der Waals surface area contributed by atoms with Gasteiger partial charge in [-0.05, 0) is 37.8 Å². The lowest BCUT2D eigenvalue weighted by molar-refractivity contribution is -0.130. The fourth-order valence-corrected chi connectivity index (χ4v) is 5.79. The molecule has 0 N–H and O–H groups in total. The molecule has 0 radical (unpaired) electrons. The van der Waals surface area contributed by atoms with Crippen molar-refractivity contribution in [1.29, 1.82) is 0 Å². The second-order valence-electron chi connectivity index (χ2n) is 8.24. The molecule has 3 aliphatic rings. The molecule has 2 aromatic rings. The fraction of sp³-hybridized carbons (Fsp3) is 0.435. The van der Waals surface area contributed by atoms with Gasteiger partial charge in [-0.3, -0.25) is 14.5 Å².